The number of hydrogen-bond acceptors (Lipinski definition) is 3. The third kappa shape index (κ3) is 4.93. The zero-order chi connectivity index (χ0) is 20.9. The van der Waals surface area contributed by atoms with Crippen LogP contribution in [0.4, 0.5) is 21.9 Å². The fourth-order valence-electron chi connectivity index (χ4n) is 3.57. The molecule has 154 valence electrons. The van der Waals surface area contributed by atoms with E-state index in [1.54, 1.807) is 0 Å². The standard InChI is InChI=1S/C24H25ClN4O/c1-17-2-11-23(25)22(16-17)18-3-5-19(6-4-18)27-24(30)28-20-7-9-21(10-8-20)29-14-12-26-13-15-29/h2-11,16,26H,12-15H2,1H3,(H2,27,28,30). The molecule has 1 aliphatic heterocycles. The van der Waals surface area contributed by atoms with Crippen molar-refractivity contribution in [3.8, 4) is 11.1 Å². The Morgan fingerprint density at radius 3 is 2.13 bits per heavy atom. The molecule has 0 aliphatic carbocycles. The van der Waals surface area contributed by atoms with Crippen LogP contribution in [-0.2, 0) is 0 Å². The van der Waals surface area contributed by atoms with Gasteiger partial charge in [-0.3, -0.25) is 0 Å². The number of hydrogen-bond donors (Lipinski definition) is 3. The summed E-state index contributed by atoms with van der Waals surface area (Å²) in [6.07, 6.45) is 0. The van der Waals surface area contributed by atoms with Crippen molar-refractivity contribution in [1.82, 2.24) is 5.32 Å². The SMILES string of the molecule is Cc1ccc(Cl)c(-c2ccc(NC(=O)Nc3ccc(N4CCNCC4)cc3)cc2)c1. The second-order valence-corrected chi connectivity index (χ2v) is 7.83. The van der Waals surface area contributed by atoms with E-state index < -0.39 is 0 Å². The van der Waals surface area contributed by atoms with Gasteiger partial charge in [0.2, 0.25) is 0 Å². The van der Waals surface area contributed by atoms with Crippen molar-refractivity contribution in [1.29, 1.82) is 0 Å². The second-order valence-electron chi connectivity index (χ2n) is 7.42. The maximum atomic E-state index is 12.4. The fraction of sp³-hybridized carbons (Fsp3) is 0.208. The third-order valence-electron chi connectivity index (χ3n) is 5.18. The van der Waals surface area contributed by atoms with Crippen molar-refractivity contribution in [3.05, 3.63) is 77.3 Å². The van der Waals surface area contributed by atoms with Gasteiger partial charge in [-0.15, -0.1) is 0 Å². The Hall–Kier alpha value is -3.02. The van der Waals surface area contributed by atoms with E-state index in [1.165, 1.54) is 5.69 Å². The Kier molecular flexibility index (Phi) is 6.21. The van der Waals surface area contributed by atoms with Crippen molar-refractivity contribution in [2.24, 2.45) is 0 Å². The average Bonchev–Trinajstić information content (AvgIpc) is 2.77. The molecule has 4 rings (SSSR count). The van der Waals surface area contributed by atoms with Gasteiger partial charge in [-0.25, -0.2) is 4.79 Å². The number of amides is 2. The Morgan fingerprint density at radius 1 is 0.900 bits per heavy atom. The van der Waals surface area contributed by atoms with Crippen LogP contribution in [0.5, 0.6) is 0 Å². The van der Waals surface area contributed by atoms with Crippen LogP contribution in [0.25, 0.3) is 11.1 Å². The minimum absolute atomic E-state index is 0.272. The number of carbonyl (C=O) groups is 1. The molecule has 30 heavy (non-hydrogen) atoms. The molecule has 0 atom stereocenters. The van der Waals surface area contributed by atoms with Gasteiger partial charge in [0.1, 0.15) is 0 Å². The number of nitrogens with zero attached hydrogens (tertiary/aromatic N) is 1. The summed E-state index contributed by atoms with van der Waals surface area (Å²) in [4.78, 5) is 14.7. The number of benzene rings is 3. The number of carbonyl (C=O) groups excluding carboxylic acids is 1. The predicted octanol–water partition coefficient (Wildman–Crippen LogP) is 5.37. The summed E-state index contributed by atoms with van der Waals surface area (Å²) in [5.41, 5.74) is 5.80. The highest BCUT2D eigenvalue weighted by Gasteiger charge is 2.11. The maximum absolute atomic E-state index is 12.4. The molecule has 5 nitrogen and oxygen atoms in total. The number of nitrogens with one attached hydrogen (secondary N) is 3. The van der Waals surface area contributed by atoms with Crippen LogP contribution < -0.4 is 20.9 Å². The molecule has 0 radical (unpaired) electrons. The van der Waals surface area contributed by atoms with E-state index in [9.17, 15) is 4.79 Å². The largest absolute Gasteiger partial charge is 0.369 e. The summed E-state index contributed by atoms with van der Waals surface area (Å²) in [5, 5.41) is 9.81. The molecule has 3 aromatic rings. The van der Waals surface area contributed by atoms with Gasteiger partial charge in [-0.05, 0) is 61.0 Å². The van der Waals surface area contributed by atoms with E-state index in [4.69, 9.17) is 11.6 Å². The van der Waals surface area contributed by atoms with Gasteiger partial charge in [-0.2, -0.15) is 0 Å². The molecule has 1 fully saturated rings. The molecular weight excluding hydrogens is 396 g/mol. The minimum Gasteiger partial charge on any atom is -0.369 e. The van der Waals surface area contributed by atoms with Crippen LogP contribution in [0.1, 0.15) is 5.56 Å². The maximum Gasteiger partial charge on any atom is 0.323 e. The molecule has 6 heteroatoms. The van der Waals surface area contributed by atoms with E-state index in [0.29, 0.717) is 5.02 Å². The first kappa shape index (κ1) is 20.3. The van der Waals surface area contributed by atoms with E-state index >= 15 is 0 Å². The molecule has 3 aromatic carbocycles. The Labute approximate surface area is 182 Å². The van der Waals surface area contributed by atoms with Gasteiger partial charge in [0.05, 0.1) is 0 Å². The fourth-order valence-corrected chi connectivity index (χ4v) is 3.79. The molecule has 0 bridgehead atoms. The van der Waals surface area contributed by atoms with Crippen LogP contribution in [0, 0.1) is 6.92 Å². The van der Waals surface area contributed by atoms with Gasteiger partial charge in [-0.1, -0.05) is 35.4 Å². The number of urea groups is 1. The lowest BCUT2D eigenvalue weighted by molar-refractivity contribution is 0.262. The molecular formula is C24H25ClN4O. The van der Waals surface area contributed by atoms with Crippen molar-refractivity contribution in [3.63, 3.8) is 0 Å². The number of aryl methyl sites for hydroxylation is 1. The summed E-state index contributed by atoms with van der Waals surface area (Å²) < 4.78 is 0. The lowest BCUT2D eigenvalue weighted by atomic mass is 10.0. The molecule has 2 amide bonds. The average molecular weight is 421 g/mol. The van der Waals surface area contributed by atoms with Crippen molar-refractivity contribution in [2.75, 3.05) is 41.7 Å². The normalized spacial score (nSPS) is 13.7. The highest BCUT2D eigenvalue weighted by atomic mass is 35.5. The van der Waals surface area contributed by atoms with Gasteiger partial charge < -0.3 is 20.9 Å². The van der Waals surface area contributed by atoms with Crippen LogP contribution in [0.15, 0.2) is 66.7 Å². The number of anilines is 3. The summed E-state index contributed by atoms with van der Waals surface area (Å²) in [7, 11) is 0. The first-order chi connectivity index (χ1) is 14.6. The summed E-state index contributed by atoms with van der Waals surface area (Å²) >= 11 is 6.32. The first-order valence-electron chi connectivity index (χ1n) is 10.1. The van der Waals surface area contributed by atoms with Crippen molar-refractivity contribution in [2.45, 2.75) is 6.92 Å². The Bertz CT molecular complexity index is 1010. The Morgan fingerprint density at radius 2 is 1.50 bits per heavy atom. The van der Waals surface area contributed by atoms with Gasteiger partial charge in [0, 0.05) is 53.8 Å². The lowest BCUT2D eigenvalue weighted by Crippen LogP contribution is -2.43. The van der Waals surface area contributed by atoms with Crippen molar-refractivity contribution >= 4 is 34.7 Å². The lowest BCUT2D eigenvalue weighted by Gasteiger charge is -2.29. The van der Waals surface area contributed by atoms with Gasteiger partial charge in [0.25, 0.3) is 0 Å². The zero-order valence-electron chi connectivity index (χ0n) is 16.9. The van der Waals surface area contributed by atoms with Crippen LogP contribution in [-0.4, -0.2) is 32.2 Å². The monoisotopic (exact) mass is 420 g/mol. The van der Waals surface area contributed by atoms with E-state index in [-0.39, 0.29) is 6.03 Å². The number of halogens is 1. The summed E-state index contributed by atoms with van der Waals surface area (Å²) in [6.45, 7) is 6.03. The number of piperazine rings is 1. The number of rotatable bonds is 4. The molecule has 0 aromatic heterocycles. The van der Waals surface area contributed by atoms with Crippen LogP contribution in [0.2, 0.25) is 5.02 Å². The molecule has 0 saturated carbocycles. The minimum atomic E-state index is -0.272. The van der Waals surface area contributed by atoms with E-state index in [0.717, 1.165) is 54.2 Å². The zero-order valence-corrected chi connectivity index (χ0v) is 17.7. The summed E-state index contributed by atoms with van der Waals surface area (Å²) in [5.74, 6) is 0. The second kappa shape index (κ2) is 9.20. The topological polar surface area (TPSA) is 56.4 Å². The molecule has 3 N–H and O–H groups in total. The third-order valence-corrected chi connectivity index (χ3v) is 5.51. The molecule has 1 aliphatic rings. The van der Waals surface area contributed by atoms with E-state index in [1.807, 2.05) is 67.6 Å². The molecule has 1 saturated heterocycles. The highest BCUT2D eigenvalue weighted by Crippen LogP contribution is 2.29. The molecule has 0 spiro atoms. The Balaban J connectivity index is 1.36. The predicted molar refractivity (Wildman–Crippen MR) is 126 cm³/mol. The van der Waals surface area contributed by atoms with Crippen LogP contribution in [0.3, 0.4) is 0 Å². The van der Waals surface area contributed by atoms with Crippen LogP contribution >= 0.6 is 11.6 Å². The molecule has 1 heterocycles. The van der Waals surface area contributed by atoms with Gasteiger partial charge in [0.15, 0.2) is 0 Å². The first-order valence-corrected chi connectivity index (χ1v) is 10.5. The van der Waals surface area contributed by atoms with E-state index in [2.05, 4.69) is 26.9 Å². The quantitative estimate of drug-likeness (QED) is 0.531. The summed E-state index contributed by atoms with van der Waals surface area (Å²) in [6, 6.07) is 21.3. The smallest absolute Gasteiger partial charge is 0.323 e. The highest BCUT2D eigenvalue weighted by molar-refractivity contribution is 6.33. The van der Waals surface area contributed by atoms with Crippen molar-refractivity contribution < 1.29 is 4.79 Å². The molecule has 0 unspecified atom stereocenters. The van der Waals surface area contributed by atoms with Gasteiger partial charge >= 0.3 is 6.03 Å².